The second kappa shape index (κ2) is 9.09. The summed E-state index contributed by atoms with van der Waals surface area (Å²) in [6.45, 7) is 21.4. The van der Waals surface area contributed by atoms with E-state index in [-0.39, 0.29) is 36.6 Å². The van der Waals surface area contributed by atoms with Gasteiger partial charge in [0, 0.05) is 0 Å². The topological polar surface area (TPSA) is 36.9 Å². The molecule has 3 rings (SSSR count). The number of rotatable bonds is 8. The fraction of sp³-hybridized carbons (Fsp3) is 0.769. The van der Waals surface area contributed by atoms with Crippen molar-refractivity contribution in [3.8, 4) is 0 Å². The zero-order chi connectivity index (χ0) is 23.9. The Balaban J connectivity index is 2.07. The second-order valence-corrected chi connectivity index (χ2v) is 11.6. The first kappa shape index (κ1) is 25.8. The Bertz CT molecular complexity index is 717. The zero-order valence-electron chi connectivity index (χ0n) is 22.2. The molecule has 0 saturated carbocycles. The van der Waals surface area contributed by atoms with Crippen LogP contribution in [0, 0.1) is 0 Å². The summed E-state index contributed by atoms with van der Waals surface area (Å²) in [5, 5.41) is 0. The van der Waals surface area contributed by atoms with E-state index in [1.54, 1.807) is 0 Å². The first-order valence-corrected chi connectivity index (χ1v) is 12.6. The van der Waals surface area contributed by atoms with Crippen molar-refractivity contribution in [2.75, 3.05) is 0 Å². The van der Waals surface area contributed by atoms with Crippen LogP contribution in [-0.2, 0) is 31.5 Å². The molecular weight excluding hydrogens is 398 g/mol. The predicted molar refractivity (Wildman–Crippen MR) is 135 cm³/mol. The summed E-state index contributed by atoms with van der Waals surface area (Å²) in [5.74, 6) is 0. The minimum atomic E-state index is -0.354. The number of aryl methyl sites for hydroxylation is 2. The Kier molecular flexibility index (Phi) is 7.33. The molecule has 178 valence electrons. The first-order chi connectivity index (χ1) is 14.7. The molecule has 0 amide bonds. The maximum atomic E-state index is 6.48. The quantitative estimate of drug-likeness (QED) is 0.533. The summed E-state index contributed by atoms with van der Waals surface area (Å²) >= 11 is 0. The third-order valence-electron chi connectivity index (χ3n) is 8.01. The SMILES string of the molecule is CCCCc1cc(B2OC(C)(C)C(C)(C)O2)c(CCCC)cc1B1OC(C)(C)C(C)(C)O1. The van der Waals surface area contributed by atoms with Crippen LogP contribution in [0.5, 0.6) is 0 Å². The number of benzene rings is 1. The van der Waals surface area contributed by atoms with Crippen molar-refractivity contribution in [3.63, 3.8) is 0 Å². The van der Waals surface area contributed by atoms with Crippen molar-refractivity contribution in [2.45, 2.75) is 130 Å². The van der Waals surface area contributed by atoms with Crippen molar-refractivity contribution in [3.05, 3.63) is 23.3 Å². The average molecular weight is 442 g/mol. The molecule has 0 spiro atoms. The Morgan fingerprint density at radius 3 is 1.09 bits per heavy atom. The highest BCUT2D eigenvalue weighted by Crippen LogP contribution is 2.38. The lowest BCUT2D eigenvalue weighted by molar-refractivity contribution is 0.00578. The number of hydrogen-bond donors (Lipinski definition) is 0. The monoisotopic (exact) mass is 442 g/mol. The van der Waals surface area contributed by atoms with E-state index < -0.39 is 0 Å². The third-order valence-corrected chi connectivity index (χ3v) is 8.01. The van der Waals surface area contributed by atoms with Crippen molar-refractivity contribution in [2.24, 2.45) is 0 Å². The molecule has 0 N–H and O–H groups in total. The second-order valence-electron chi connectivity index (χ2n) is 11.6. The van der Waals surface area contributed by atoms with Gasteiger partial charge in [0.25, 0.3) is 0 Å². The van der Waals surface area contributed by atoms with E-state index in [4.69, 9.17) is 18.6 Å². The predicted octanol–water partition coefficient (Wildman–Crippen LogP) is 4.97. The van der Waals surface area contributed by atoms with Gasteiger partial charge in [-0.05, 0) is 103 Å². The molecule has 0 aliphatic carbocycles. The minimum absolute atomic E-state index is 0.348. The molecule has 0 atom stereocenters. The Morgan fingerprint density at radius 1 is 0.562 bits per heavy atom. The van der Waals surface area contributed by atoms with E-state index in [1.807, 2.05) is 0 Å². The van der Waals surface area contributed by atoms with Gasteiger partial charge in [0.1, 0.15) is 0 Å². The van der Waals surface area contributed by atoms with Crippen LogP contribution in [0.4, 0.5) is 0 Å². The Labute approximate surface area is 197 Å². The standard InChI is InChI=1S/C26H44B2O4/c1-11-13-15-19-17-22(28-31-25(7,8)26(9,10)32-28)20(16-14-12-2)18-21(19)27-29-23(3,4)24(5,6)30-27/h17-18H,11-16H2,1-10H3. The smallest absolute Gasteiger partial charge is 0.399 e. The van der Waals surface area contributed by atoms with Crippen LogP contribution in [0.15, 0.2) is 12.1 Å². The van der Waals surface area contributed by atoms with Crippen LogP contribution in [0.25, 0.3) is 0 Å². The highest BCUT2D eigenvalue weighted by atomic mass is 16.7. The van der Waals surface area contributed by atoms with Gasteiger partial charge in [-0.1, -0.05) is 38.8 Å². The molecule has 4 nitrogen and oxygen atoms in total. The maximum Gasteiger partial charge on any atom is 0.495 e. The molecule has 2 saturated heterocycles. The minimum Gasteiger partial charge on any atom is -0.399 e. The highest BCUT2D eigenvalue weighted by molar-refractivity contribution is 6.65. The van der Waals surface area contributed by atoms with Crippen molar-refractivity contribution in [1.29, 1.82) is 0 Å². The molecule has 1 aromatic rings. The summed E-state index contributed by atoms with van der Waals surface area (Å²) in [5.41, 5.74) is 3.50. The lowest BCUT2D eigenvalue weighted by Gasteiger charge is -2.32. The zero-order valence-corrected chi connectivity index (χ0v) is 22.2. The summed E-state index contributed by atoms with van der Waals surface area (Å²) in [4.78, 5) is 0. The highest BCUT2D eigenvalue weighted by Gasteiger charge is 2.54. The summed E-state index contributed by atoms with van der Waals surface area (Å²) in [6.07, 6.45) is 6.54. The molecule has 2 aliphatic heterocycles. The van der Waals surface area contributed by atoms with Gasteiger partial charge in [0.05, 0.1) is 22.4 Å². The fourth-order valence-corrected chi connectivity index (χ4v) is 4.27. The molecule has 2 aliphatic rings. The van der Waals surface area contributed by atoms with Crippen molar-refractivity contribution in [1.82, 2.24) is 0 Å². The van der Waals surface area contributed by atoms with Gasteiger partial charge < -0.3 is 18.6 Å². The Morgan fingerprint density at radius 2 is 0.844 bits per heavy atom. The molecule has 0 aromatic heterocycles. The molecule has 0 radical (unpaired) electrons. The molecule has 6 heteroatoms. The number of hydrogen-bond acceptors (Lipinski definition) is 4. The molecule has 32 heavy (non-hydrogen) atoms. The van der Waals surface area contributed by atoms with Gasteiger partial charge in [0.15, 0.2) is 0 Å². The normalized spacial score (nSPS) is 23.2. The van der Waals surface area contributed by atoms with E-state index in [9.17, 15) is 0 Å². The van der Waals surface area contributed by atoms with E-state index in [0.29, 0.717) is 0 Å². The largest absolute Gasteiger partial charge is 0.495 e. The van der Waals surface area contributed by atoms with E-state index in [2.05, 4.69) is 81.4 Å². The molecular formula is C26H44B2O4. The van der Waals surface area contributed by atoms with Crippen LogP contribution >= 0.6 is 0 Å². The van der Waals surface area contributed by atoms with Gasteiger partial charge in [0.2, 0.25) is 0 Å². The average Bonchev–Trinajstić information content (AvgIpc) is 3.03. The van der Waals surface area contributed by atoms with Gasteiger partial charge in [-0.15, -0.1) is 0 Å². The van der Waals surface area contributed by atoms with Crippen molar-refractivity contribution < 1.29 is 18.6 Å². The van der Waals surface area contributed by atoms with E-state index in [0.717, 1.165) is 38.5 Å². The molecule has 0 bridgehead atoms. The lowest BCUT2D eigenvalue weighted by atomic mass is 9.67. The fourth-order valence-electron chi connectivity index (χ4n) is 4.27. The third kappa shape index (κ3) is 4.85. The van der Waals surface area contributed by atoms with Crippen LogP contribution < -0.4 is 10.9 Å². The molecule has 1 aromatic carbocycles. The van der Waals surface area contributed by atoms with E-state index >= 15 is 0 Å². The molecule has 2 heterocycles. The van der Waals surface area contributed by atoms with Gasteiger partial charge in [-0.25, -0.2) is 0 Å². The summed E-state index contributed by atoms with van der Waals surface area (Å²) in [7, 11) is -0.695. The van der Waals surface area contributed by atoms with Crippen LogP contribution in [0.1, 0.15) is 106 Å². The van der Waals surface area contributed by atoms with Gasteiger partial charge in [-0.2, -0.15) is 0 Å². The summed E-state index contributed by atoms with van der Waals surface area (Å²) < 4.78 is 25.9. The lowest BCUT2D eigenvalue weighted by Crippen LogP contribution is -2.43. The van der Waals surface area contributed by atoms with Crippen LogP contribution in [0.3, 0.4) is 0 Å². The first-order valence-electron chi connectivity index (χ1n) is 12.6. The van der Waals surface area contributed by atoms with Gasteiger partial charge >= 0.3 is 14.2 Å². The summed E-state index contributed by atoms with van der Waals surface area (Å²) in [6, 6.07) is 4.65. The van der Waals surface area contributed by atoms with Gasteiger partial charge in [-0.3, -0.25) is 0 Å². The number of unbranched alkanes of at least 4 members (excludes halogenated alkanes) is 2. The Hall–Kier alpha value is -0.810. The maximum absolute atomic E-state index is 6.48. The van der Waals surface area contributed by atoms with Crippen LogP contribution in [-0.4, -0.2) is 36.6 Å². The molecule has 0 unspecified atom stereocenters. The van der Waals surface area contributed by atoms with Crippen LogP contribution in [0.2, 0.25) is 0 Å². The molecule has 2 fully saturated rings. The van der Waals surface area contributed by atoms with E-state index in [1.165, 1.54) is 22.1 Å². The van der Waals surface area contributed by atoms with Crippen molar-refractivity contribution >= 4 is 25.2 Å².